The highest BCUT2D eigenvalue weighted by atomic mass is 32.1. The molecule has 2 aliphatic carbocycles. The molecule has 0 spiro atoms. The molecule has 7 rings (SSSR count). The highest BCUT2D eigenvalue weighted by Gasteiger charge is 2.63. The first-order valence-corrected chi connectivity index (χ1v) is 16.5. The third kappa shape index (κ3) is 4.91. The molecule has 45 heavy (non-hydrogen) atoms. The number of hydrogen-bond donors (Lipinski definition) is 2. The summed E-state index contributed by atoms with van der Waals surface area (Å²) in [5.74, 6) is -1.13. The number of carbonyl (C=O) groups is 3. The summed E-state index contributed by atoms with van der Waals surface area (Å²) in [5.41, 5.74) is 0.864. The molecule has 2 N–H and O–H groups in total. The third-order valence-corrected chi connectivity index (χ3v) is 11.3. The lowest BCUT2D eigenvalue weighted by Crippen LogP contribution is -2.53. The number of hydrogen-bond acceptors (Lipinski definition) is 9. The topological polar surface area (TPSA) is 128 Å². The predicted molar refractivity (Wildman–Crippen MR) is 164 cm³/mol. The highest BCUT2D eigenvalue weighted by molar-refractivity contribution is 7.11. The number of aliphatic imine (C=N–C) groups is 1. The second-order valence-electron chi connectivity index (χ2n) is 12.9. The van der Waals surface area contributed by atoms with E-state index in [0.29, 0.717) is 85.2 Å². The highest BCUT2D eigenvalue weighted by Crippen LogP contribution is 2.60. The Labute approximate surface area is 264 Å². The molecule has 4 fully saturated rings. The van der Waals surface area contributed by atoms with Gasteiger partial charge in [-0.05, 0) is 63.1 Å². The molecule has 4 heterocycles. The van der Waals surface area contributed by atoms with Gasteiger partial charge in [0.25, 0.3) is 0 Å². The van der Waals surface area contributed by atoms with Crippen molar-refractivity contribution < 1.29 is 28.6 Å². The first-order chi connectivity index (χ1) is 21.6. The molecule has 238 valence electrons. The van der Waals surface area contributed by atoms with Crippen LogP contribution in [-0.2, 0) is 14.3 Å². The molecular formula is C32H37FN6O5S. The SMILES string of the molecule is CCOC(=O)C1=C(CN2CCN3C(=O)N(C45CCC(C(=O)O)(CC4)C5)CC3C2)NC(c2nccs2)=NC1c1cccc(F)c1C. The molecular weight excluding hydrogens is 599 g/mol. The van der Waals surface area contributed by atoms with Crippen LogP contribution in [-0.4, -0.2) is 99.5 Å². The van der Waals surface area contributed by atoms with Gasteiger partial charge in [-0.15, -0.1) is 11.3 Å². The van der Waals surface area contributed by atoms with E-state index in [1.165, 1.54) is 17.4 Å². The summed E-state index contributed by atoms with van der Waals surface area (Å²) in [4.78, 5) is 54.8. The number of amidine groups is 1. The quantitative estimate of drug-likeness (QED) is 0.420. The molecule has 13 heteroatoms. The van der Waals surface area contributed by atoms with Crippen molar-refractivity contribution in [3.63, 3.8) is 0 Å². The van der Waals surface area contributed by atoms with Crippen LogP contribution in [0.5, 0.6) is 0 Å². The molecule has 3 aliphatic heterocycles. The van der Waals surface area contributed by atoms with Crippen molar-refractivity contribution in [3.05, 3.63) is 63.0 Å². The van der Waals surface area contributed by atoms with Crippen LogP contribution in [0.15, 0.2) is 46.0 Å². The number of nitrogens with zero attached hydrogens (tertiary/aromatic N) is 5. The van der Waals surface area contributed by atoms with Gasteiger partial charge in [-0.25, -0.2) is 19.0 Å². The lowest BCUT2D eigenvalue weighted by atomic mass is 9.84. The number of amides is 2. The monoisotopic (exact) mass is 636 g/mol. The minimum Gasteiger partial charge on any atom is -0.481 e. The van der Waals surface area contributed by atoms with E-state index < -0.39 is 23.4 Å². The maximum atomic E-state index is 14.8. The lowest BCUT2D eigenvalue weighted by molar-refractivity contribution is -0.148. The molecule has 5 aliphatic rings. The van der Waals surface area contributed by atoms with Crippen LogP contribution in [0.4, 0.5) is 9.18 Å². The molecule has 1 aromatic heterocycles. The summed E-state index contributed by atoms with van der Waals surface area (Å²) in [6, 6.07) is 3.96. The Morgan fingerprint density at radius 3 is 2.69 bits per heavy atom. The Bertz CT molecular complexity index is 1600. The molecule has 0 radical (unpaired) electrons. The molecule has 2 atom stereocenters. The summed E-state index contributed by atoms with van der Waals surface area (Å²) in [5, 5.41) is 15.8. The number of carboxylic acids is 1. The number of rotatable bonds is 8. The zero-order valence-electron chi connectivity index (χ0n) is 25.4. The fraction of sp³-hybridized carbons (Fsp3) is 0.531. The van der Waals surface area contributed by atoms with E-state index in [-0.39, 0.29) is 30.0 Å². The number of piperazine rings is 1. The van der Waals surface area contributed by atoms with Crippen LogP contribution in [0.3, 0.4) is 0 Å². The smallest absolute Gasteiger partial charge is 0.338 e. The fourth-order valence-corrected chi connectivity index (χ4v) is 8.72. The van der Waals surface area contributed by atoms with E-state index in [2.05, 4.69) is 15.2 Å². The number of ether oxygens (including phenoxy) is 1. The zero-order chi connectivity index (χ0) is 31.5. The van der Waals surface area contributed by atoms with Gasteiger partial charge in [0.2, 0.25) is 0 Å². The van der Waals surface area contributed by atoms with E-state index in [9.17, 15) is 23.9 Å². The summed E-state index contributed by atoms with van der Waals surface area (Å²) >= 11 is 1.42. The van der Waals surface area contributed by atoms with Crippen LogP contribution in [0, 0.1) is 18.2 Å². The maximum absolute atomic E-state index is 14.8. The zero-order valence-corrected chi connectivity index (χ0v) is 26.2. The Morgan fingerprint density at radius 2 is 2.00 bits per heavy atom. The van der Waals surface area contributed by atoms with Crippen molar-refractivity contribution in [2.24, 2.45) is 10.4 Å². The van der Waals surface area contributed by atoms with Gasteiger partial charge in [0, 0.05) is 55.5 Å². The van der Waals surface area contributed by atoms with E-state index >= 15 is 0 Å². The largest absolute Gasteiger partial charge is 0.481 e. The van der Waals surface area contributed by atoms with E-state index in [1.807, 2.05) is 15.2 Å². The summed E-state index contributed by atoms with van der Waals surface area (Å²) in [6.07, 6.45) is 4.92. The van der Waals surface area contributed by atoms with Crippen molar-refractivity contribution in [2.75, 3.05) is 39.3 Å². The second kappa shape index (κ2) is 11.2. The number of esters is 1. The van der Waals surface area contributed by atoms with Gasteiger partial charge >= 0.3 is 18.0 Å². The number of carbonyl (C=O) groups excluding carboxylic acids is 2. The van der Waals surface area contributed by atoms with E-state index in [1.54, 1.807) is 32.2 Å². The minimum absolute atomic E-state index is 0.00444. The van der Waals surface area contributed by atoms with Gasteiger partial charge in [0.05, 0.1) is 23.6 Å². The normalized spacial score (nSPS) is 29.6. The van der Waals surface area contributed by atoms with Crippen LogP contribution < -0.4 is 5.32 Å². The van der Waals surface area contributed by atoms with Gasteiger partial charge < -0.3 is 25.0 Å². The van der Waals surface area contributed by atoms with Crippen molar-refractivity contribution in [3.8, 4) is 0 Å². The lowest BCUT2D eigenvalue weighted by Gasteiger charge is -2.38. The van der Waals surface area contributed by atoms with Gasteiger partial charge in [-0.3, -0.25) is 14.7 Å². The molecule has 2 aromatic rings. The Balaban J connectivity index is 1.17. The molecule has 2 unspecified atom stereocenters. The maximum Gasteiger partial charge on any atom is 0.338 e. The number of fused-ring (bicyclic) bond motifs is 3. The molecule has 1 aromatic carbocycles. The number of halogens is 1. The number of nitrogens with one attached hydrogen (secondary N) is 1. The van der Waals surface area contributed by atoms with E-state index in [0.717, 1.165) is 12.8 Å². The number of carboxylic acid groups (broad SMARTS) is 1. The van der Waals surface area contributed by atoms with Crippen molar-refractivity contribution >= 4 is 35.1 Å². The number of thiazole rings is 1. The second-order valence-corrected chi connectivity index (χ2v) is 13.8. The third-order valence-electron chi connectivity index (χ3n) is 10.5. The van der Waals surface area contributed by atoms with Gasteiger partial charge in [0.15, 0.2) is 10.8 Å². The summed E-state index contributed by atoms with van der Waals surface area (Å²) < 4.78 is 20.3. The molecule has 2 amide bonds. The van der Waals surface area contributed by atoms with Gasteiger partial charge in [0.1, 0.15) is 11.9 Å². The number of benzene rings is 1. The minimum atomic E-state index is -0.793. The Hall–Kier alpha value is -3.84. The molecule has 11 nitrogen and oxygen atoms in total. The first-order valence-electron chi connectivity index (χ1n) is 15.6. The van der Waals surface area contributed by atoms with Gasteiger partial charge in [-0.1, -0.05) is 12.1 Å². The Morgan fingerprint density at radius 1 is 1.20 bits per heavy atom. The van der Waals surface area contributed by atoms with Crippen LogP contribution in [0.2, 0.25) is 0 Å². The molecule has 2 saturated carbocycles. The number of aliphatic carboxylic acids is 1. The van der Waals surface area contributed by atoms with Crippen molar-refractivity contribution in [1.29, 1.82) is 0 Å². The average molecular weight is 637 g/mol. The predicted octanol–water partition coefficient (Wildman–Crippen LogP) is 3.71. The van der Waals surface area contributed by atoms with Crippen LogP contribution in [0.25, 0.3) is 0 Å². The van der Waals surface area contributed by atoms with Crippen LogP contribution in [0.1, 0.15) is 61.2 Å². The van der Waals surface area contributed by atoms with E-state index in [4.69, 9.17) is 9.73 Å². The standard InChI is InChI=1S/C32H37FN6O5S/c1-3-44-28(40)24-23(35-26(27-34-11-14-45-27)36-25(24)21-5-4-6-22(33)19(21)2)17-37-12-13-38-20(15-37)16-39(30(38)43)32-9-7-31(18-32,8-10-32)29(41)42/h4-6,11,14,20,25H,3,7-10,12-13,15-18H2,1-2H3,(H,35,36)(H,41,42). The molecule has 2 bridgehead atoms. The summed E-state index contributed by atoms with van der Waals surface area (Å²) in [7, 11) is 0. The average Bonchev–Trinajstić information content (AvgIpc) is 3.83. The summed E-state index contributed by atoms with van der Waals surface area (Å²) in [6.45, 7) is 6.25. The van der Waals surface area contributed by atoms with Gasteiger partial charge in [-0.2, -0.15) is 0 Å². The molecule has 2 saturated heterocycles. The van der Waals surface area contributed by atoms with Crippen molar-refractivity contribution in [2.45, 2.75) is 63.6 Å². The first kappa shape index (κ1) is 29.8. The number of urea groups is 1. The van der Waals surface area contributed by atoms with Crippen LogP contribution >= 0.6 is 11.3 Å². The Kier molecular flexibility index (Phi) is 7.43. The fourth-order valence-electron chi connectivity index (χ4n) is 8.13. The number of aromatic nitrogens is 1. The van der Waals surface area contributed by atoms with Crippen molar-refractivity contribution in [1.82, 2.24) is 25.0 Å².